The second-order valence-corrected chi connectivity index (χ2v) is 8.49. The Kier molecular flexibility index (Phi) is 3.71. The molecule has 0 amide bonds. The number of halogens is 1. The van der Waals surface area contributed by atoms with Gasteiger partial charge < -0.3 is 9.73 Å². The number of hydrogen-bond donors (Lipinski definition) is 1. The van der Waals surface area contributed by atoms with Crippen molar-refractivity contribution in [1.29, 1.82) is 0 Å². The van der Waals surface area contributed by atoms with Crippen molar-refractivity contribution in [3.05, 3.63) is 47.2 Å². The number of hydrogen-bond acceptors (Lipinski definition) is 2. The molecule has 4 saturated carbocycles. The molecule has 6 rings (SSSR count). The fraction of sp³-hybridized carbons (Fsp3) is 0.524. The average Bonchev–Trinajstić information content (AvgIpc) is 3.03. The highest BCUT2D eigenvalue weighted by atomic mass is 35.5. The lowest BCUT2D eigenvalue weighted by Gasteiger charge is -2.54. The predicted molar refractivity (Wildman–Crippen MR) is 96.8 cm³/mol. The van der Waals surface area contributed by atoms with Gasteiger partial charge in [-0.1, -0.05) is 23.7 Å². The lowest BCUT2D eigenvalue weighted by atomic mass is 9.54. The second kappa shape index (κ2) is 5.93. The highest BCUT2D eigenvalue weighted by molar-refractivity contribution is 6.33. The van der Waals surface area contributed by atoms with Crippen molar-refractivity contribution in [2.45, 2.75) is 44.7 Å². The molecule has 0 unspecified atom stereocenters. The summed E-state index contributed by atoms with van der Waals surface area (Å²) in [6, 6.07) is 12.7. The van der Waals surface area contributed by atoms with E-state index < -0.39 is 0 Å². The van der Waals surface area contributed by atoms with E-state index in [9.17, 15) is 0 Å². The average molecular weight is 342 g/mol. The topological polar surface area (TPSA) is 25.2 Å². The molecule has 0 saturated heterocycles. The van der Waals surface area contributed by atoms with Crippen molar-refractivity contribution in [1.82, 2.24) is 5.32 Å². The van der Waals surface area contributed by atoms with Crippen LogP contribution in [0.5, 0.6) is 0 Å². The van der Waals surface area contributed by atoms with E-state index in [0.717, 1.165) is 52.3 Å². The van der Waals surface area contributed by atoms with Gasteiger partial charge in [0, 0.05) is 11.6 Å². The number of furan rings is 1. The van der Waals surface area contributed by atoms with Crippen LogP contribution < -0.4 is 5.32 Å². The molecule has 1 heterocycles. The summed E-state index contributed by atoms with van der Waals surface area (Å²) < 4.78 is 6.05. The van der Waals surface area contributed by atoms with Gasteiger partial charge in [0.15, 0.2) is 0 Å². The zero-order chi connectivity index (χ0) is 16.1. The van der Waals surface area contributed by atoms with Crippen molar-refractivity contribution >= 4 is 11.6 Å². The molecule has 24 heavy (non-hydrogen) atoms. The quantitative estimate of drug-likeness (QED) is 0.792. The van der Waals surface area contributed by atoms with Crippen LogP contribution in [0.15, 0.2) is 40.8 Å². The van der Waals surface area contributed by atoms with Crippen LogP contribution in [0, 0.1) is 23.7 Å². The summed E-state index contributed by atoms with van der Waals surface area (Å²) in [6.45, 7) is 0.831. The molecular weight excluding hydrogens is 318 g/mol. The van der Waals surface area contributed by atoms with Gasteiger partial charge in [-0.15, -0.1) is 0 Å². The molecule has 0 spiro atoms. The van der Waals surface area contributed by atoms with Gasteiger partial charge in [0.1, 0.15) is 11.5 Å². The molecule has 1 aromatic heterocycles. The highest BCUT2D eigenvalue weighted by Gasteiger charge is 2.47. The Morgan fingerprint density at radius 3 is 2.33 bits per heavy atom. The van der Waals surface area contributed by atoms with Crippen molar-refractivity contribution < 1.29 is 4.42 Å². The Morgan fingerprint density at radius 2 is 1.62 bits per heavy atom. The summed E-state index contributed by atoms with van der Waals surface area (Å²) in [5.74, 6) is 5.74. The van der Waals surface area contributed by atoms with Crippen LogP contribution >= 0.6 is 11.6 Å². The third kappa shape index (κ3) is 2.60. The summed E-state index contributed by atoms with van der Waals surface area (Å²) in [4.78, 5) is 0. The molecule has 0 radical (unpaired) electrons. The molecule has 0 atom stereocenters. The first-order valence-electron chi connectivity index (χ1n) is 9.33. The van der Waals surface area contributed by atoms with Crippen LogP contribution in [0.25, 0.3) is 11.3 Å². The normalized spacial score (nSPS) is 34.0. The Labute approximate surface area is 148 Å². The Hall–Kier alpha value is -1.25. The second-order valence-electron chi connectivity index (χ2n) is 8.08. The van der Waals surface area contributed by atoms with Crippen molar-refractivity contribution in [2.75, 3.05) is 0 Å². The zero-order valence-electron chi connectivity index (χ0n) is 13.9. The molecule has 2 aromatic rings. The molecule has 3 heteroatoms. The fourth-order valence-electron chi connectivity index (χ4n) is 5.76. The van der Waals surface area contributed by atoms with Crippen LogP contribution in [0.4, 0.5) is 0 Å². The minimum Gasteiger partial charge on any atom is -0.460 e. The molecule has 1 N–H and O–H groups in total. The minimum atomic E-state index is 0.701. The van der Waals surface area contributed by atoms with E-state index in [0.29, 0.717) is 6.04 Å². The molecule has 1 aromatic carbocycles. The van der Waals surface area contributed by atoms with Gasteiger partial charge in [0.05, 0.1) is 11.6 Å². The summed E-state index contributed by atoms with van der Waals surface area (Å²) in [5.41, 5.74) is 0.972. The van der Waals surface area contributed by atoms with Crippen LogP contribution in [0.3, 0.4) is 0 Å². The van der Waals surface area contributed by atoms with Crippen LogP contribution in [0.1, 0.15) is 37.9 Å². The number of rotatable bonds is 4. The standard InChI is InChI=1S/C21H24ClNO/c22-19-4-2-1-3-18(19)20-6-5-17(24-20)12-23-21-15-8-13-7-14(10-15)11-16(21)9-13/h1-6,13-16,21,23H,7-12H2. The molecule has 4 aliphatic carbocycles. The first-order valence-corrected chi connectivity index (χ1v) is 9.71. The smallest absolute Gasteiger partial charge is 0.135 e. The maximum Gasteiger partial charge on any atom is 0.135 e. The number of nitrogens with one attached hydrogen (secondary N) is 1. The Morgan fingerprint density at radius 1 is 0.917 bits per heavy atom. The molecule has 4 fully saturated rings. The van der Waals surface area contributed by atoms with E-state index in [-0.39, 0.29) is 0 Å². The highest BCUT2D eigenvalue weighted by Crippen LogP contribution is 2.53. The minimum absolute atomic E-state index is 0.701. The zero-order valence-corrected chi connectivity index (χ0v) is 14.6. The summed E-state index contributed by atoms with van der Waals surface area (Å²) in [5, 5.41) is 4.58. The molecule has 0 aliphatic heterocycles. The maximum atomic E-state index is 6.27. The summed E-state index contributed by atoms with van der Waals surface area (Å²) in [7, 11) is 0. The molecule has 4 aliphatic rings. The van der Waals surface area contributed by atoms with Gasteiger partial charge in [0.2, 0.25) is 0 Å². The van der Waals surface area contributed by atoms with E-state index in [1.54, 1.807) is 0 Å². The fourth-order valence-corrected chi connectivity index (χ4v) is 5.98. The van der Waals surface area contributed by atoms with Crippen molar-refractivity contribution in [2.24, 2.45) is 23.7 Å². The van der Waals surface area contributed by atoms with E-state index in [1.807, 2.05) is 30.3 Å². The van der Waals surface area contributed by atoms with E-state index in [4.69, 9.17) is 16.0 Å². The summed E-state index contributed by atoms with van der Waals surface area (Å²) >= 11 is 6.27. The monoisotopic (exact) mass is 341 g/mol. The van der Waals surface area contributed by atoms with Crippen LogP contribution in [-0.2, 0) is 6.54 Å². The Balaban J connectivity index is 1.27. The van der Waals surface area contributed by atoms with Gasteiger partial charge in [-0.3, -0.25) is 0 Å². The third-order valence-electron chi connectivity index (χ3n) is 6.54. The van der Waals surface area contributed by atoms with Crippen molar-refractivity contribution in [3.63, 3.8) is 0 Å². The van der Waals surface area contributed by atoms with Crippen LogP contribution in [-0.4, -0.2) is 6.04 Å². The van der Waals surface area contributed by atoms with E-state index in [1.165, 1.54) is 32.1 Å². The predicted octanol–water partition coefficient (Wildman–Crippen LogP) is 5.51. The van der Waals surface area contributed by atoms with Gasteiger partial charge in [-0.25, -0.2) is 0 Å². The first kappa shape index (κ1) is 15.0. The van der Waals surface area contributed by atoms with E-state index in [2.05, 4.69) is 11.4 Å². The van der Waals surface area contributed by atoms with E-state index >= 15 is 0 Å². The third-order valence-corrected chi connectivity index (χ3v) is 6.87. The first-order chi connectivity index (χ1) is 11.8. The van der Waals surface area contributed by atoms with Gasteiger partial charge in [0.25, 0.3) is 0 Å². The molecular formula is C21H24ClNO. The largest absolute Gasteiger partial charge is 0.460 e. The SMILES string of the molecule is Clc1ccccc1-c1ccc(CNC2C3CC4CC(C3)CC2C4)o1. The lowest BCUT2D eigenvalue weighted by molar-refractivity contribution is -0.0147. The molecule has 126 valence electrons. The van der Waals surface area contributed by atoms with Crippen LogP contribution in [0.2, 0.25) is 5.02 Å². The van der Waals surface area contributed by atoms with Gasteiger partial charge in [-0.05, 0) is 80.0 Å². The van der Waals surface area contributed by atoms with Crippen molar-refractivity contribution in [3.8, 4) is 11.3 Å². The Bertz CT molecular complexity index is 709. The summed E-state index contributed by atoms with van der Waals surface area (Å²) in [6.07, 6.45) is 7.32. The molecule has 4 bridgehead atoms. The van der Waals surface area contributed by atoms with Gasteiger partial charge >= 0.3 is 0 Å². The number of benzene rings is 1. The lowest BCUT2D eigenvalue weighted by Crippen LogP contribution is -2.54. The maximum absolute atomic E-state index is 6.27. The van der Waals surface area contributed by atoms with Gasteiger partial charge in [-0.2, -0.15) is 0 Å². The molecule has 2 nitrogen and oxygen atoms in total.